The van der Waals surface area contributed by atoms with Crippen molar-refractivity contribution < 1.29 is 9.90 Å². The van der Waals surface area contributed by atoms with Crippen LogP contribution in [0.2, 0.25) is 0 Å². The number of carbonyl (C=O) groups is 1. The predicted octanol–water partition coefficient (Wildman–Crippen LogP) is 4.68. The number of hydrogen-bond donors (Lipinski definition) is 5. The topological polar surface area (TPSA) is 130 Å². The lowest BCUT2D eigenvalue weighted by molar-refractivity contribution is -0.127. The fourth-order valence-electron chi connectivity index (χ4n) is 5.27. The van der Waals surface area contributed by atoms with Gasteiger partial charge in [-0.1, -0.05) is 42.5 Å². The highest BCUT2D eigenvalue weighted by Crippen LogP contribution is 2.35. The third-order valence-electron chi connectivity index (χ3n) is 7.48. The van der Waals surface area contributed by atoms with E-state index in [2.05, 4.69) is 15.5 Å². The quantitative estimate of drug-likeness (QED) is 0.260. The van der Waals surface area contributed by atoms with Crippen LogP contribution in [0, 0.1) is 11.8 Å². The number of nitrogens with one attached hydrogen (secondary N) is 2. The smallest absolute Gasteiger partial charge is 0.223 e. The van der Waals surface area contributed by atoms with Crippen LogP contribution in [0.25, 0.3) is 22.0 Å². The van der Waals surface area contributed by atoms with Gasteiger partial charge in [0.2, 0.25) is 5.91 Å². The number of anilines is 1. The molecule has 0 aliphatic heterocycles. The van der Waals surface area contributed by atoms with Crippen molar-refractivity contribution in [3.8, 4) is 16.9 Å². The molecule has 1 fully saturated rings. The molecule has 1 aliphatic carbocycles. The molecule has 1 aromatic heterocycles. The molecule has 0 radical (unpaired) electrons. The van der Waals surface area contributed by atoms with Crippen LogP contribution in [0.15, 0.2) is 66.7 Å². The Hall–Kier alpha value is -3.84. The summed E-state index contributed by atoms with van der Waals surface area (Å²) in [6.45, 7) is 0.683. The van der Waals surface area contributed by atoms with E-state index in [1.165, 1.54) is 0 Å². The van der Waals surface area contributed by atoms with Crippen molar-refractivity contribution in [1.82, 2.24) is 15.5 Å². The minimum atomic E-state index is -0.362. The van der Waals surface area contributed by atoms with E-state index >= 15 is 0 Å². The van der Waals surface area contributed by atoms with E-state index in [9.17, 15) is 9.90 Å². The number of phenolic OH excluding ortho intramolecular Hbond substituents is 1. The summed E-state index contributed by atoms with van der Waals surface area (Å²) in [5, 5.41) is 22.1. The molecular weight excluding hydrogens is 450 g/mol. The number of aromatic amines is 1. The van der Waals surface area contributed by atoms with Gasteiger partial charge in [-0.15, -0.1) is 0 Å². The lowest BCUT2D eigenvalue weighted by Crippen LogP contribution is -2.37. The maximum atomic E-state index is 13.3. The number of nitrogen functional groups attached to an aromatic ring is 1. The number of benzene rings is 3. The van der Waals surface area contributed by atoms with Crippen LogP contribution in [0.3, 0.4) is 0 Å². The van der Waals surface area contributed by atoms with Crippen LogP contribution in [0.4, 0.5) is 5.82 Å². The maximum absolute atomic E-state index is 13.3. The Morgan fingerprint density at radius 3 is 2.50 bits per heavy atom. The molecule has 1 saturated carbocycles. The highest BCUT2D eigenvalue weighted by Gasteiger charge is 2.28. The van der Waals surface area contributed by atoms with Crippen molar-refractivity contribution in [3.63, 3.8) is 0 Å². The van der Waals surface area contributed by atoms with Crippen LogP contribution >= 0.6 is 0 Å². The van der Waals surface area contributed by atoms with Gasteiger partial charge in [0.15, 0.2) is 5.82 Å². The van der Waals surface area contributed by atoms with Gasteiger partial charge in [0.25, 0.3) is 0 Å². The van der Waals surface area contributed by atoms with Gasteiger partial charge in [-0.25, -0.2) is 0 Å². The standard InChI is InChI=1S/C29H33N5O2/c30-17-19-6-8-20(9-7-19)29(36)32-25(14-18-4-2-1-3-5-18)24-15-21(11-13-27(24)35)22-10-12-23-26(16-22)33-34-28(23)31/h1-5,10-13,15-16,19-20,25,35H,6-9,14,17,30H2,(H,32,36)(H3,31,33,34). The van der Waals surface area contributed by atoms with Crippen molar-refractivity contribution in [2.75, 3.05) is 12.3 Å². The van der Waals surface area contributed by atoms with E-state index in [0.717, 1.165) is 53.3 Å². The van der Waals surface area contributed by atoms with E-state index in [1.807, 2.05) is 60.7 Å². The average molecular weight is 484 g/mol. The molecular formula is C29H33N5O2. The number of H-pyrrole nitrogens is 1. The zero-order chi connectivity index (χ0) is 25.1. The van der Waals surface area contributed by atoms with Crippen molar-refractivity contribution in [2.45, 2.75) is 38.1 Å². The predicted molar refractivity (Wildman–Crippen MR) is 143 cm³/mol. The third-order valence-corrected chi connectivity index (χ3v) is 7.48. The molecule has 1 aliphatic rings. The molecule has 1 heterocycles. The Labute approximate surface area is 210 Å². The largest absolute Gasteiger partial charge is 0.508 e. The zero-order valence-electron chi connectivity index (χ0n) is 20.3. The van der Waals surface area contributed by atoms with E-state index < -0.39 is 0 Å². The number of nitrogens with zero attached hydrogens (tertiary/aromatic N) is 1. The number of carbonyl (C=O) groups excluding carboxylic acids is 1. The van der Waals surface area contributed by atoms with Crippen LogP contribution in [-0.2, 0) is 11.2 Å². The van der Waals surface area contributed by atoms with Gasteiger partial charge in [0.05, 0.1) is 11.6 Å². The number of phenols is 1. The summed E-state index contributed by atoms with van der Waals surface area (Å²) < 4.78 is 0. The Morgan fingerprint density at radius 2 is 1.75 bits per heavy atom. The first kappa shape index (κ1) is 23.9. The van der Waals surface area contributed by atoms with Gasteiger partial charge in [0, 0.05) is 16.9 Å². The molecule has 0 saturated heterocycles. The molecule has 0 bridgehead atoms. The lowest BCUT2D eigenvalue weighted by atomic mass is 9.81. The van der Waals surface area contributed by atoms with Crippen molar-refractivity contribution >= 4 is 22.6 Å². The summed E-state index contributed by atoms with van der Waals surface area (Å²) in [6, 6.07) is 21.2. The number of rotatable bonds is 7. The Kier molecular flexibility index (Phi) is 6.91. The SMILES string of the molecule is NCC1CCC(C(=O)NC(Cc2ccccc2)c2cc(-c3ccc4c(N)n[nH]c4c3)ccc2O)CC1. The molecule has 1 atom stereocenters. The molecule has 4 aromatic rings. The number of aromatic nitrogens is 2. The van der Waals surface area contributed by atoms with E-state index in [4.69, 9.17) is 11.5 Å². The van der Waals surface area contributed by atoms with Crippen LogP contribution in [0.1, 0.15) is 42.9 Å². The molecule has 7 N–H and O–H groups in total. The zero-order valence-corrected chi connectivity index (χ0v) is 20.3. The monoisotopic (exact) mass is 483 g/mol. The average Bonchev–Trinajstić information content (AvgIpc) is 3.29. The molecule has 1 unspecified atom stereocenters. The first-order valence-corrected chi connectivity index (χ1v) is 12.6. The maximum Gasteiger partial charge on any atom is 0.223 e. The van der Waals surface area contributed by atoms with Crippen molar-refractivity contribution in [2.24, 2.45) is 17.6 Å². The first-order valence-electron chi connectivity index (χ1n) is 12.6. The highest BCUT2D eigenvalue weighted by molar-refractivity contribution is 5.91. The summed E-state index contributed by atoms with van der Waals surface area (Å²) in [6.07, 6.45) is 4.26. The molecule has 1 amide bonds. The highest BCUT2D eigenvalue weighted by atomic mass is 16.3. The first-order chi connectivity index (χ1) is 17.5. The van der Waals surface area contributed by atoms with Gasteiger partial charge in [0.1, 0.15) is 5.75 Å². The Bertz CT molecular complexity index is 1340. The second kappa shape index (κ2) is 10.4. The van der Waals surface area contributed by atoms with E-state index in [1.54, 1.807) is 6.07 Å². The Morgan fingerprint density at radius 1 is 1.03 bits per heavy atom. The molecule has 7 heteroatoms. The van der Waals surface area contributed by atoms with Gasteiger partial charge in [-0.05, 0) is 85.5 Å². The minimum Gasteiger partial charge on any atom is -0.508 e. The number of amides is 1. The molecule has 7 nitrogen and oxygen atoms in total. The van der Waals surface area contributed by atoms with Crippen LogP contribution < -0.4 is 16.8 Å². The van der Waals surface area contributed by atoms with E-state index in [0.29, 0.717) is 30.3 Å². The van der Waals surface area contributed by atoms with Gasteiger partial charge >= 0.3 is 0 Å². The van der Waals surface area contributed by atoms with Crippen molar-refractivity contribution in [1.29, 1.82) is 0 Å². The van der Waals surface area contributed by atoms with Crippen molar-refractivity contribution in [3.05, 3.63) is 77.9 Å². The molecule has 36 heavy (non-hydrogen) atoms. The number of hydrogen-bond acceptors (Lipinski definition) is 5. The minimum absolute atomic E-state index is 0.0235. The molecule has 3 aromatic carbocycles. The summed E-state index contributed by atoms with van der Waals surface area (Å²) in [5.74, 6) is 1.17. The third kappa shape index (κ3) is 5.06. The summed E-state index contributed by atoms with van der Waals surface area (Å²) >= 11 is 0. The van der Waals surface area contributed by atoms with Crippen LogP contribution in [0.5, 0.6) is 5.75 Å². The summed E-state index contributed by atoms with van der Waals surface area (Å²) in [5.41, 5.74) is 16.3. The lowest BCUT2D eigenvalue weighted by Gasteiger charge is -2.29. The summed E-state index contributed by atoms with van der Waals surface area (Å²) in [7, 11) is 0. The second-order valence-corrected chi connectivity index (χ2v) is 9.85. The van der Waals surface area contributed by atoms with Gasteiger partial charge < -0.3 is 21.9 Å². The normalized spacial score (nSPS) is 18.7. The fourth-order valence-corrected chi connectivity index (χ4v) is 5.27. The number of fused-ring (bicyclic) bond motifs is 1. The van der Waals surface area contributed by atoms with Gasteiger partial charge in [-0.2, -0.15) is 5.10 Å². The number of aromatic hydroxyl groups is 1. The second-order valence-electron chi connectivity index (χ2n) is 9.85. The molecule has 5 rings (SSSR count). The number of nitrogens with two attached hydrogens (primary N) is 2. The van der Waals surface area contributed by atoms with Gasteiger partial charge in [-0.3, -0.25) is 9.89 Å². The van der Waals surface area contributed by atoms with E-state index in [-0.39, 0.29) is 23.6 Å². The van der Waals surface area contributed by atoms with Crippen LogP contribution in [-0.4, -0.2) is 27.8 Å². The fraction of sp³-hybridized carbons (Fsp3) is 0.310. The molecule has 0 spiro atoms. The molecule has 186 valence electrons. The Balaban J connectivity index is 1.45. The summed E-state index contributed by atoms with van der Waals surface area (Å²) in [4.78, 5) is 13.3.